The molecule has 0 fully saturated rings. The maximum Gasteiger partial charge on any atom is 0.226 e. The summed E-state index contributed by atoms with van der Waals surface area (Å²) in [5.41, 5.74) is 5.05. The molecule has 0 saturated heterocycles. The smallest absolute Gasteiger partial charge is 0.226 e. The van der Waals surface area contributed by atoms with Crippen molar-refractivity contribution in [2.24, 2.45) is 0 Å². The minimum Gasteiger partial charge on any atom is -0.494 e. The molecule has 0 radical (unpaired) electrons. The molecule has 5 nitrogen and oxygen atoms in total. The van der Waals surface area contributed by atoms with Crippen molar-refractivity contribution in [1.82, 2.24) is 14.8 Å². The van der Waals surface area contributed by atoms with E-state index < -0.39 is 0 Å². The molecule has 0 unspecified atom stereocenters. The number of nitrogens with zero attached hydrogens (tertiary/aromatic N) is 3. The molecule has 0 bridgehead atoms. The Morgan fingerprint density at radius 3 is 2.57 bits per heavy atom. The van der Waals surface area contributed by atoms with Crippen LogP contribution in [-0.4, -0.2) is 62.0 Å². The number of aryl methyl sites for hydroxylation is 1. The monoisotopic (exact) mass is 405 g/mol. The second kappa shape index (κ2) is 9.72. The molecule has 1 amide bonds. The van der Waals surface area contributed by atoms with Crippen molar-refractivity contribution in [3.63, 3.8) is 0 Å². The molecule has 1 heterocycles. The van der Waals surface area contributed by atoms with Crippen LogP contribution in [0.4, 0.5) is 0 Å². The van der Waals surface area contributed by atoms with Gasteiger partial charge < -0.3 is 14.5 Å². The van der Waals surface area contributed by atoms with Gasteiger partial charge in [0.2, 0.25) is 5.91 Å². The fraction of sp³-hybridized carbons (Fsp3) is 0.360. The SMILES string of the molecule is Cc1cc(-c2cccc(OCCCN(C)C)c2)nc2ccc(CC(=O)N(C)C)cc12. The minimum absolute atomic E-state index is 0.0963. The van der Waals surface area contributed by atoms with Gasteiger partial charge >= 0.3 is 0 Å². The Balaban J connectivity index is 1.81. The molecule has 0 aliphatic carbocycles. The minimum atomic E-state index is 0.0963. The van der Waals surface area contributed by atoms with E-state index in [0.717, 1.165) is 52.0 Å². The van der Waals surface area contributed by atoms with Crippen LogP contribution in [0.1, 0.15) is 17.5 Å². The van der Waals surface area contributed by atoms with Crippen LogP contribution in [0.25, 0.3) is 22.2 Å². The van der Waals surface area contributed by atoms with Crippen molar-refractivity contribution >= 4 is 16.8 Å². The number of likely N-dealkylation sites (N-methyl/N-ethyl adjacent to an activating group) is 1. The number of benzene rings is 2. The molecule has 0 aliphatic rings. The Labute approximate surface area is 179 Å². The van der Waals surface area contributed by atoms with Gasteiger partial charge in [-0.1, -0.05) is 18.2 Å². The first-order valence-electron chi connectivity index (χ1n) is 10.3. The fourth-order valence-corrected chi connectivity index (χ4v) is 3.35. The largest absolute Gasteiger partial charge is 0.494 e. The zero-order valence-corrected chi connectivity index (χ0v) is 18.6. The quantitative estimate of drug-likeness (QED) is 0.528. The number of rotatable bonds is 8. The van der Waals surface area contributed by atoms with Crippen molar-refractivity contribution in [3.05, 3.63) is 59.7 Å². The molecule has 158 valence electrons. The molecule has 0 saturated carbocycles. The maximum absolute atomic E-state index is 12.0. The van der Waals surface area contributed by atoms with Crippen LogP contribution in [0.5, 0.6) is 5.75 Å². The standard InChI is InChI=1S/C25H31N3O2/c1-18-14-24(20-8-6-9-21(17-20)30-13-7-12-27(2)3)26-23-11-10-19(15-22(18)23)16-25(29)28(4)5/h6,8-11,14-15,17H,7,12-13,16H2,1-5H3. The van der Waals surface area contributed by atoms with Crippen LogP contribution in [0.15, 0.2) is 48.5 Å². The third kappa shape index (κ3) is 5.57. The molecule has 3 aromatic rings. The van der Waals surface area contributed by atoms with E-state index >= 15 is 0 Å². The zero-order chi connectivity index (χ0) is 21.7. The summed E-state index contributed by atoms with van der Waals surface area (Å²) < 4.78 is 5.92. The molecule has 0 spiro atoms. The summed E-state index contributed by atoms with van der Waals surface area (Å²) in [6.07, 6.45) is 1.39. The number of hydrogen-bond donors (Lipinski definition) is 0. The summed E-state index contributed by atoms with van der Waals surface area (Å²) in [5, 5.41) is 1.08. The lowest BCUT2D eigenvalue weighted by Crippen LogP contribution is -2.23. The summed E-state index contributed by atoms with van der Waals surface area (Å²) in [5.74, 6) is 0.960. The number of hydrogen-bond acceptors (Lipinski definition) is 4. The predicted octanol–water partition coefficient (Wildman–Crippen LogP) is 4.17. The van der Waals surface area contributed by atoms with E-state index in [0.29, 0.717) is 13.0 Å². The van der Waals surface area contributed by atoms with Crippen molar-refractivity contribution in [3.8, 4) is 17.0 Å². The number of aromatic nitrogens is 1. The maximum atomic E-state index is 12.0. The molecule has 0 N–H and O–H groups in total. The molecule has 30 heavy (non-hydrogen) atoms. The summed E-state index contributed by atoms with van der Waals surface area (Å²) >= 11 is 0. The van der Waals surface area contributed by atoms with Gasteiger partial charge in [0.15, 0.2) is 0 Å². The Bertz CT molecular complexity index is 1030. The molecule has 5 heteroatoms. The van der Waals surface area contributed by atoms with E-state index in [2.05, 4.69) is 44.1 Å². The summed E-state index contributed by atoms with van der Waals surface area (Å²) in [6.45, 7) is 3.79. The lowest BCUT2D eigenvalue weighted by Gasteiger charge is -2.13. The van der Waals surface area contributed by atoms with Gasteiger partial charge in [-0.25, -0.2) is 4.98 Å². The first kappa shape index (κ1) is 21.8. The average molecular weight is 406 g/mol. The molecule has 3 rings (SSSR count). The highest BCUT2D eigenvalue weighted by Gasteiger charge is 2.10. The van der Waals surface area contributed by atoms with Crippen molar-refractivity contribution in [2.45, 2.75) is 19.8 Å². The van der Waals surface area contributed by atoms with Gasteiger partial charge in [0.25, 0.3) is 0 Å². The number of pyridine rings is 1. The molecular formula is C25H31N3O2. The van der Waals surface area contributed by atoms with E-state index in [1.54, 1.807) is 19.0 Å². The van der Waals surface area contributed by atoms with Crippen molar-refractivity contribution in [1.29, 1.82) is 0 Å². The van der Waals surface area contributed by atoms with Gasteiger partial charge in [-0.05, 0) is 68.9 Å². The highest BCUT2D eigenvalue weighted by molar-refractivity contribution is 5.87. The van der Waals surface area contributed by atoms with Gasteiger partial charge in [-0.2, -0.15) is 0 Å². The Morgan fingerprint density at radius 1 is 1.03 bits per heavy atom. The zero-order valence-electron chi connectivity index (χ0n) is 18.6. The highest BCUT2D eigenvalue weighted by atomic mass is 16.5. The molecule has 2 aromatic carbocycles. The van der Waals surface area contributed by atoms with Crippen LogP contribution in [-0.2, 0) is 11.2 Å². The third-order valence-corrected chi connectivity index (χ3v) is 5.08. The number of fused-ring (bicyclic) bond motifs is 1. The normalized spacial score (nSPS) is 11.1. The summed E-state index contributed by atoms with van der Waals surface area (Å²) in [7, 11) is 7.69. The van der Waals surface area contributed by atoms with Crippen molar-refractivity contribution < 1.29 is 9.53 Å². The van der Waals surface area contributed by atoms with E-state index in [4.69, 9.17) is 9.72 Å². The summed E-state index contributed by atoms with van der Waals surface area (Å²) in [6, 6.07) is 16.3. The second-order valence-electron chi connectivity index (χ2n) is 8.17. The number of carbonyl (C=O) groups excluding carboxylic acids is 1. The van der Waals surface area contributed by atoms with Crippen LogP contribution >= 0.6 is 0 Å². The van der Waals surface area contributed by atoms with Gasteiger partial charge in [-0.3, -0.25) is 4.79 Å². The van der Waals surface area contributed by atoms with Crippen LogP contribution in [0.2, 0.25) is 0 Å². The first-order chi connectivity index (χ1) is 14.3. The van der Waals surface area contributed by atoms with Crippen molar-refractivity contribution in [2.75, 3.05) is 41.3 Å². The Kier molecular flexibility index (Phi) is 7.06. The first-order valence-corrected chi connectivity index (χ1v) is 10.3. The highest BCUT2D eigenvalue weighted by Crippen LogP contribution is 2.27. The predicted molar refractivity (Wildman–Crippen MR) is 123 cm³/mol. The third-order valence-electron chi connectivity index (χ3n) is 5.08. The van der Waals surface area contributed by atoms with Gasteiger partial charge in [0.1, 0.15) is 5.75 Å². The van der Waals surface area contributed by atoms with Gasteiger partial charge in [-0.15, -0.1) is 0 Å². The molecule has 1 aromatic heterocycles. The molecule has 0 atom stereocenters. The van der Waals surface area contributed by atoms with E-state index in [1.165, 1.54) is 0 Å². The lowest BCUT2D eigenvalue weighted by atomic mass is 10.0. The molecular weight excluding hydrogens is 374 g/mol. The van der Waals surface area contributed by atoms with Crippen LogP contribution in [0.3, 0.4) is 0 Å². The van der Waals surface area contributed by atoms with E-state index in [-0.39, 0.29) is 5.91 Å². The summed E-state index contributed by atoms with van der Waals surface area (Å²) in [4.78, 5) is 20.7. The van der Waals surface area contributed by atoms with E-state index in [1.807, 2.05) is 30.3 Å². The van der Waals surface area contributed by atoms with E-state index in [9.17, 15) is 4.79 Å². The number of ether oxygens (including phenoxy) is 1. The number of amides is 1. The number of carbonyl (C=O) groups is 1. The Morgan fingerprint density at radius 2 is 1.83 bits per heavy atom. The van der Waals surface area contributed by atoms with Crippen LogP contribution < -0.4 is 4.74 Å². The average Bonchev–Trinajstić information content (AvgIpc) is 2.71. The Hall–Kier alpha value is -2.92. The lowest BCUT2D eigenvalue weighted by molar-refractivity contribution is -0.127. The second-order valence-corrected chi connectivity index (χ2v) is 8.17. The fourth-order valence-electron chi connectivity index (χ4n) is 3.35. The topological polar surface area (TPSA) is 45.7 Å². The van der Waals surface area contributed by atoms with Crippen LogP contribution in [0, 0.1) is 6.92 Å². The molecule has 0 aliphatic heterocycles. The van der Waals surface area contributed by atoms with Gasteiger partial charge in [0.05, 0.1) is 24.2 Å². The van der Waals surface area contributed by atoms with Gasteiger partial charge in [0, 0.05) is 31.6 Å².